The second kappa shape index (κ2) is 10.4. The molecule has 2 aromatic heterocycles. The highest BCUT2D eigenvalue weighted by Gasteiger charge is 2.20. The third kappa shape index (κ3) is 5.38. The maximum atomic E-state index is 13.1. The fourth-order valence-electron chi connectivity index (χ4n) is 4.18. The third-order valence-corrected chi connectivity index (χ3v) is 6.86. The van der Waals surface area contributed by atoms with Gasteiger partial charge in [-0.25, -0.2) is 4.79 Å². The van der Waals surface area contributed by atoms with Crippen LogP contribution in [0.1, 0.15) is 52.4 Å². The van der Waals surface area contributed by atoms with Crippen molar-refractivity contribution >= 4 is 40.4 Å². The monoisotopic (exact) mass is 470 g/mol. The maximum absolute atomic E-state index is 13.1. The minimum atomic E-state index is -0.452. The van der Waals surface area contributed by atoms with Gasteiger partial charge < -0.3 is 5.32 Å². The molecule has 2 heterocycles. The van der Waals surface area contributed by atoms with Gasteiger partial charge in [0.25, 0.3) is 5.56 Å². The molecule has 0 atom stereocenters. The molecule has 1 aliphatic carbocycles. The Morgan fingerprint density at radius 1 is 1.15 bits per heavy atom. The van der Waals surface area contributed by atoms with Crippen molar-refractivity contribution in [2.75, 3.05) is 5.75 Å². The predicted molar refractivity (Wildman–Crippen MR) is 128 cm³/mol. The van der Waals surface area contributed by atoms with E-state index in [0.717, 1.165) is 32.1 Å². The lowest BCUT2D eigenvalue weighted by molar-refractivity contribution is -0.117. The molecule has 0 bridgehead atoms. The number of amides is 3. The van der Waals surface area contributed by atoms with Gasteiger partial charge in [0.05, 0.1) is 16.7 Å². The van der Waals surface area contributed by atoms with Crippen molar-refractivity contribution in [1.82, 2.24) is 29.8 Å². The molecule has 176 valence electrons. The molecule has 0 saturated heterocycles. The van der Waals surface area contributed by atoms with Crippen molar-refractivity contribution in [1.29, 1.82) is 0 Å². The molecule has 10 heteroatoms. The number of hydrogen-bond acceptors (Lipinski definition) is 6. The van der Waals surface area contributed by atoms with Gasteiger partial charge in [0.2, 0.25) is 11.7 Å². The summed E-state index contributed by atoms with van der Waals surface area (Å²) in [7, 11) is 0. The summed E-state index contributed by atoms with van der Waals surface area (Å²) in [4.78, 5) is 37.6. The number of benzene rings is 1. The van der Waals surface area contributed by atoms with Crippen LogP contribution in [-0.2, 0) is 11.3 Å². The second-order valence-electron chi connectivity index (χ2n) is 8.92. The summed E-state index contributed by atoms with van der Waals surface area (Å²) in [5.74, 6) is 0.502. The zero-order valence-electron chi connectivity index (χ0n) is 19.0. The molecule has 2 N–H and O–H groups in total. The van der Waals surface area contributed by atoms with E-state index in [2.05, 4.69) is 34.7 Å². The van der Waals surface area contributed by atoms with Gasteiger partial charge in [-0.15, -0.1) is 10.2 Å². The number of nitrogens with zero attached hydrogens (tertiary/aromatic N) is 4. The number of aryl methyl sites for hydroxylation is 1. The molecule has 3 amide bonds. The van der Waals surface area contributed by atoms with Crippen LogP contribution < -0.4 is 16.2 Å². The molecule has 1 fully saturated rings. The predicted octanol–water partition coefficient (Wildman–Crippen LogP) is 3.34. The Labute approximate surface area is 196 Å². The Morgan fingerprint density at radius 3 is 2.67 bits per heavy atom. The lowest BCUT2D eigenvalue weighted by Crippen LogP contribution is -2.45. The van der Waals surface area contributed by atoms with Crippen LogP contribution in [-0.4, -0.2) is 42.9 Å². The summed E-state index contributed by atoms with van der Waals surface area (Å²) in [6.07, 6.45) is 6.14. The van der Waals surface area contributed by atoms with Crippen LogP contribution in [0.15, 0.2) is 34.2 Å². The first-order valence-corrected chi connectivity index (χ1v) is 12.5. The van der Waals surface area contributed by atoms with E-state index >= 15 is 0 Å². The number of para-hydroxylation sites is 1. The molecule has 0 unspecified atom stereocenters. The summed E-state index contributed by atoms with van der Waals surface area (Å²) in [6, 6.07) is 7.01. The first-order valence-electron chi connectivity index (χ1n) is 11.5. The van der Waals surface area contributed by atoms with E-state index in [4.69, 9.17) is 0 Å². The molecule has 4 rings (SSSR count). The molecule has 1 aromatic carbocycles. The summed E-state index contributed by atoms with van der Waals surface area (Å²) in [5.41, 5.74) is 0.598. The van der Waals surface area contributed by atoms with E-state index in [0.29, 0.717) is 34.3 Å². The van der Waals surface area contributed by atoms with Crippen molar-refractivity contribution in [2.45, 2.75) is 70.1 Å². The fourth-order valence-corrected chi connectivity index (χ4v) is 4.92. The van der Waals surface area contributed by atoms with E-state index in [-0.39, 0.29) is 17.4 Å². The number of urea groups is 1. The van der Waals surface area contributed by atoms with Gasteiger partial charge in [-0.3, -0.25) is 23.9 Å². The molecular weight excluding hydrogens is 440 g/mol. The largest absolute Gasteiger partial charge is 0.335 e. The molecule has 1 aliphatic rings. The number of hydrogen-bond donors (Lipinski definition) is 2. The van der Waals surface area contributed by atoms with Crippen molar-refractivity contribution < 1.29 is 9.59 Å². The maximum Gasteiger partial charge on any atom is 0.321 e. The summed E-state index contributed by atoms with van der Waals surface area (Å²) in [5, 5.41) is 14.9. The van der Waals surface area contributed by atoms with Crippen LogP contribution in [0.2, 0.25) is 0 Å². The summed E-state index contributed by atoms with van der Waals surface area (Å²) >= 11 is 1.19. The van der Waals surface area contributed by atoms with E-state index in [1.807, 2.05) is 22.6 Å². The minimum absolute atomic E-state index is 0.0122. The van der Waals surface area contributed by atoms with Crippen molar-refractivity contribution in [3.8, 4) is 0 Å². The normalized spacial score (nSPS) is 14.8. The quantitative estimate of drug-likeness (QED) is 0.513. The van der Waals surface area contributed by atoms with Gasteiger partial charge in [0.1, 0.15) is 0 Å². The molecule has 9 nitrogen and oxygen atoms in total. The Balaban J connectivity index is 1.51. The van der Waals surface area contributed by atoms with Gasteiger partial charge >= 0.3 is 6.03 Å². The highest BCUT2D eigenvalue weighted by atomic mass is 32.2. The van der Waals surface area contributed by atoms with Crippen LogP contribution in [0.5, 0.6) is 0 Å². The number of rotatable bonds is 7. The minimum Gasteiger partial charge on any atom is -0.335 e. The highest BCUT2D eigenvalue weighted by Crippen LogP contribution is 2.22. The number of aromatic nitrogens is 4. The van der Waals surface area contributed by atoms with Gasteiger partial charge in [0, 0.05) is 12.6 Å². The summed E-state index contributed by atoms with van der Waals surface area (Å²) < 4.78 is 3.47. The molecule has 0 spiro atoms. The first kappa shape index (κ1) is 23.3. The zero-order valence-corrected chi connectivity index (χ0v) is 19.9. The van der Waals surface area contributed by atoms with Gasteiger partial charge in [-0.1, -0.05) is 57.0 Å². The zero-order chi connectivity index (χ0) is 23.4. The first-order chi connectivity index (χ1) is 15.9. The Bertz CT molecular complexity index is 1210. The van der Waals surface area contributed by atoms with Crippen LogP contribution in [0.4, 0.5) is 4.79 Å². The third-order valence-electron chi connectivity index (χ3n) is 5.93. The molecule has 33 heavy (non-hydrogen) atoms. The van der Waals surface area contributed by atoms with Crippen molar-refractivity contribution in [3.63, 3.8) is 0 Å². The lowest BCUT2D eigenvalue weighted by Gasteiger charge is -2.22. The van der Waals surface area contributed by atoms with E-state index in [9.17, 15) is 14.4 Å². The van der Waals surface area contributed by atoms with Crippen LogP contribution >= 0.6 is 11.8 Å². The number of carbonyl (C=O) groups is 2. The average Bonchev–Trinajstić information content (AvgIpc) is 3.22. The number of nitrogens with one attached hydrogen (secondary N) is 2. The molecule has 0 radical (unpaired) electrons. The highest BCUT2D eigenvalue weighted by molar-refractivity contribution is 7.99. The topological polar surface area (TPSA) is 110 Å². The fraction of sp³-hybridized carbons (Fsp3) is 0.522. The van der Waals surface area contributed by atoms with Crippen LogP contribution in [0, 0.1) is 5.92 Å². The molecule has 0 aliphatic heterocycles. The van der Waals surface area contributed by atoms with Gasteiger partial charge in [-0.2, -0.15) is 0 Å². The summed E-state index contributed by atoms with van der Waals surface area (Å²) in [6.45, 7) is 4.75. The Hall–Kier alpha value is -2.88. The van der Waals surface area contributed by atoms with Crippen molar-refractivity contribution in [3.05, 3.63) is 34.6 Å². The van der Waals surface area contributed by atoms with Crippen molar-refractivity contribution in [2.24, 2.45) is 5.92 Å². The average molecular weight is 471 g/mol. The van der Waals surface area contributed by atoms with Crippen LogP contribution in [0.25, 0.3) is 16.7 Å². The molecule has 1 saturated carbocycles. The van der Waals surface area contributed by atoms with Gasteiger partial charge in [0.15, 0.2) is 5.16 Å². The smallest absolute Gasteiger partial charge is 0.321 e. The standard InChI is InChI=1S/C23H30N6O3S/c1-15(2)12-13-28-20(31)17-10-6-7-11-18(17)29-22(28)26-27-23(29)33-14-19(30)25-21(32)24-16-8-4-3-5-9-16/h6-7,10-11,15-16H,3-5,8-9,12-14H2,1-2H3,(H2,24,25,30,32). The molecular formula is C23H30N6O3S. The van der Waals surface area contributed by atoms with E-state index in [1.165, 1.54) is 18.2 Å². The lowest BCUT2D eigenvalue weighted by atomic mass is 9.96. The van der Waals surface area contributed by atoms with Gasteiger partial charge in [-0.05, 0) is 37.3 Å². The Kier molecular flexibility index (Phi) is 7.32. The number of carbonyl (C=O) groups excluding carboxylic acids is 2. The van der Waals surface area contributed by atoms with E-state index < -0.39 is 11.9 Å². The number of thioether (sulfide) groups is 1. The van der Waals surface area contributed by atoms with Crippen LogP contribution in [0.3, 0.4) is 0 Å². The van der Waals surface area contributed by atoms with E-state index in [1.54, 1.807) is 10.6 Å². The number of imide groups is 1. The molecule has 3 aromatic rings. The second-order valence-corrected chi connectivity index (χ2v) is 9.86. The Morgan fingerprint density at radius 2 is 1.91 bits per heavy atom. The SMILES string of the molecule is CC(C)CCn1c(=O)c2ccccc2n2c(SCC(=O)NC(=O)NC3CCCCC3)nnc12. The number of fused-ring (bicyclic) bond motifs is 3.